The summed E-state index contributed by atoms with van der Waals surface area (Å²) in [6, 6.07) is 5.65. The number of anilines is 1. The minimum absolute atomic E-state index is 0.0394. The summed E-state index contributed by atoms with van der Waals surface area (Å²) in [5.74, 6) is -0.0394. The number of piperidine rings is 1. The smallest absolute Gasteiger partial charge is 0.371 e. The van der Waals surface area contributed by atoms with E-state index in [1.165, 1.54) is 19.2 Å². The van der Waals surface area contributed by atoms with Crippen molar-refractivity contribution in [1.29, 1.82) is 0 Å². The molecule has 1 aromatic carbocycles. The second-order valence-corrected chi connectivity index (χ2v) is 6.02. The zero-order valence-corrected chi connectivity index (χ0v) is 13.2. The maximum atomic E-state index is 12.8. The summed E-state index contributed by atoms with van der Waals surface area (Å²) in [6.45, 7) is 2.98. The second kappa shape index (κ2) is 6.30. The van der Waals surface area contributed by atoms with Crippen molar-refractivity contribution in [1.82, 2.24) is 10.3 Å². The zero-order chi connectivity index (χ0) is 17.3. The van der Waals surface area contributed by atoms with Crippen LogP contribution in [0, 0.1) is 0 Å². The third-order valence-electron chi connectivity index (χ3n) is 4.29. The molecule has 0 atom stereocenters. The number of carbonyl (C=O) groups is 1. The lowest BCUT2D eigenvalue weighted by atomic mass is 10.0. The molecular formula is C17H18F3N3O. The molecule has 0 spiro atoms. The number of amides is 1. The van der Waals surface area contributed by atoms with Gasteiger partial charge in [-0.1, -0.05) is 6.07 Å². The van der Waals surface area contributed by atoms with Gasteiger partial charge in [-0.25, -0.2) is 0 Å². The van der Waals surface area contributed by atoms with E-state index in [-0.39, 0.29) is 11.9 Å². The minimum atomic E-state index is -4.37. The highest BCUT2D eigenvalue weighted by atomic mass is 19.4. The van der Waals surface area contributed by atoms with E-state index in [2.05, 4.69) is 15.2 Å². The Hall–Kier alpha value is -2.31. The third-order valence-corrected chi connectivity index (χ3v) is 4.29. The molecule has 1 saturated heterocycles. The first-order valence-electron chi connectivity index (χ1n) is 7.82. The van der Waals surface area contributed by atoms with Gasteiger partial charge in [-0.2, -0.15) is 13.2 Å². The van der Waals surface area contributed by atoms with Gasteiger partial charge in [-0.3, -0.25) is 9.78 Å². The molecule has 0 unspecified atom stereocenters. The summed E-state index contributed by atoms with van der Waals surface area (Å²) in [5, 5.41) is 3.62. The van der Waals surface area contributed by atoms with Crippen molar-refractivity contribution in [3.05, 3.63) is 36.0 Å². The van der Waals surface area contributed by atoms with E-state index < -0.39 is 11.7 Å². The number of aromatic nitrogens is 1. The Kier molecular flexibility index (Phi) is 4.34. The van der Waals surface area contributed by atoms with Gasteiger partial charge in [-0.15, -0.1) is 0 Å². The van der Waals surface area contributed by atoms with Crippen molar-refractivity contribution in [3.63, 3.8) is 0 Å². The van der Waals surface area contributed by atoms with Crippen LogP contribution in [0.2, 0.25) is 0 Å². The lowest BCUT2D eigenvalue weighted by molar-refractivity contribution is -0.137. The van der Waals surface area contributed by atoms with Crippen molar-refractivity contribution in [2.75, 3.05) is 18.0 Å². The molecule has 1 aliphatic rings. The maximum absolute atomic E-state index is 12.8. The van der Waals surface area contributed by atoms with Crippen LogP contribution in [0.4, 0.5) is 18.9 Å². The van der Waals surface area contributed by atoms with Gasteiger partial charge >= 0.3 is 6.18 Å². The highest BCUT2D eigenvalue weighted by Gasteiger charge is 2.31. The van der Waals surface area contributed by atoms with Crippen LogP contribution in [0.3, 0.4) is 0 Å². The standard InChI is InChI=1S/C17H18F3N3O/c1-11(24)22-13-5-8-23(9-6-13)16-4-7-21-15-10-12(17(18,19)20)2-3-14(15)16/h2-4,7,10,13H,5-6,8-9H2,1H3,(H,22,24). The molecule has 24 heavy (non-hydrogen) atoms. The number of nitrogens with zero attached hydrogens (tertiary/aromatic N) is 2. The van der Waals surface area contributed by atoms with E-state index in [1.54, 1.807) is 0 Å². The molecular weight excluding hydrogens is 319 g/mol. The van der Waals surface area contributed by atoms with Crippen LogP contribution >= 0.6 is 0 Å². The van der Waals surface area contributed by atoms with Gasteiger partial charge in [0.25, 0.3) is 0 Å². The molecule has 4 nitrogen and oxygen atoms in total. The predicted octanol–water partition coefficient (Wildman–Crippen LogP) is 3.36. The van der Waals surface area contributed by atoms with E-state index in [0.717, 1.165) is 43.8 Å². The van der Waals surface area contributed by atoms with E-state index in [1.807, 2.05) is 6.07 Å². The lowest BCUT2D eigenvalue weighted by Crippen LogP contribution is -2.44. The number of benzene rings is 1. The van der Waals surface area contributed by atoms with Crippen molar-refractivity contribution < 1.29 is 18.0 Å². The Morgan fingerprint density at radius 2 is 1.96 bits per heavy atom. The fourth-order valence-electron chi connectivity index (χ4n) is 3.14. The average molecular weight is 337 g/mol. The first-order valence-corrected chi connectivity index (χ1v) is 7.82. The number of fused-ring (bicyclic) bond motifs is 1. The van der Waals surface area contributed by atoms with Crippen LogP contribution in [-0.4, -0.2) is 30.0 Å². The first kappa shape index (κ1) is 16.5. The Morgan fingerprint density at radius 3 is 2.58 bits per heavy atom. The number of rotatable bonds is 2. The summed E-state index contributed by atoms with van der Waals surface area (Å²) in [6.07, 6.45) is -1.21. The van der Waals surface area contributed by atoms with Crippen molar-refractivity contribution in [2.24, 2.45) is 0 Å². The highest BCUT2D eigenvalue weighted by molar-refractivity contribution is 5.92. The van der Waals surface area contributed by atoms with Crippen molar-refractivity contribution in [3.8, 4) is 0 Å². The summed E-state index contributed by atoms with van der Waals surface area (Å²) in [7, 11) is 0. The Labute approximate surface area is 137 Å². The number of carbonyl (C=O) groups excluding carboxylic acids is 1. The lowest BCUT2D eigenvalue weighted by Gasteiger charge is -2.34. The molecule has 0 saturated carbocycles. The van der Waals surface area contributed by atoms with E-state index >= 15 is 0 Å². The molecule has 1 amide bonds. The minimum Gasteiger partial charge on any atom is -0.371 e. The quantitative estimate of drug-likeness (QED) is 0.914. The SMILES string of the molecule is CC(=O)NC1CCN(c2ccnc3cc(C(F)(F)F)ccc23)CC1. The van der Waals surface area contributed by atoms with Gasteiger partial charge in [0.05, 0.1) is 11.1 Å². The van der Waals surface area contributed by atoms with Gasteiger partial charge in [-0.05, 0) is 31.0 Å². The Balaban J connectivity index is 1.84. The molecule has 3 rings (SSSR count). The Bertz CT molecular complexity index is 752. The zero-order valence-electron chi connectivity index (χ0n) is 13.2. The van der Waals surface area contributed by atoms with Gasteiger partial charge < -0.3 is 10.2 Å². The van der Waals surface area contributed by atoms with Crippen molar-refractivity contribution in [2.45, 2.75) is 32.0 Å². The molecule has 128 valence electrons. The molecule has 1 fully saturated rings. The number of nitrogens with one attached hydrogen (secondary N) is 1. The van der Waals surface area contributed by atoms with Crippen LogP contribution < -0.4 is 10.2 Å². The molecule has 2 heterocycles. The van der Waals surface area contributed by atoms with Crippen LogP contribution in [0.5, 0.6) is 0 Å². The number of halogens is 3. The van der Waals surface area contributed by atoms with Crippen molar-refractivity contribution >= 4 is 22.5 Å². The largest absolute Gasteiger partial charge is 0.416 e. The predicted molar refractivity (Wildman–Crippen MR) is 85.8 cm³/mol. The molecule has 0 radical (unpaired) electrons. The normalized spacial score (nSPS) is 16.4. The first-order chi connectivity index (χ1) is 11.3. The highest BCUT2D eigenvalue weighted by Crippen LogP contribution is 2.34. The molecule has 1 N–H and O–H groups in total. The monoisotopic (exact) mass is 337 g/mol. The molecule has 2 aromatic rings. The summed E-state index contributed by atoms with van der Waals surface area (Å²) in [4.78, 5) is 17.3. The van der Waals surface area contributed by atoms with Gasteiger partial charge in [0.15, 0.2) is 0 Å². The molecule has 1 aliphatic heterocycles. The van der Waals surface area contributed by atoms with Crippen LogP contribution in [-0.2, 0) is 11.0 Å². The fourth-order valence-corrected chi connectivity index (χ4v) is 3.14. The summed E-state index contributed by atoms with van der Waals surface area (Å²) < 4.78 is 38.5. The molecule has 1 aromatic heterocycles. The van der Waals surface area contributed by atoms with E-state index in [9.17, 15) is 18.0 Å². The average Bonchev–Trinajstić information content (AvgIpc) is 2.53. The van der Waals surface area contributed by atoms with E-state index in [4.69, 9.17) is 0 Å². The Morgan fingerprint density at radius 1 is 1.25 bits per heavy atom. The summed E-state index contributed by atoms with van der Waals surface area (Å²) >= 11 is 0. The topological polar surface area (TPSA) is 45.2 Å². The van der Waals surface area contributed by atoms with Gasteiger partial charge in [0.2, 0.25) is 5.91 Å². The third kappa shape index (κ3) is 3.44. The maximum Gasteiger partial charge on any atom is 0.416 e. The van der Waals surface area contributed by atoms with E-state index in [0.29, 0.717) is 10.9 Å². The molecule has 7 heteroatoms. The fraction of sp³-hybridized carbons (Fsp3) is 0.412. The van der Waals surface area contributed by atoms with Gasteiger partial charge in [0, 0.05) is 43.3 Å². The molecule has 0 aliphatic carbocycles. The van der Waals surface area contributed by atoms with Crippen LogP contribution in [0.1, 0.15) is 25.3 Å². The van der Waals surface area contributed by atoms with Crippen LogP contribution in [0.25, 0.3) is 10.9 Å². The molecule has 0 bridgehead atoms. The number of pyridine rings is 1. The second-order valence-electron chi connectivity index (χ2n) is 6.02. The summed E-state index contributed by atoms with van der Waals surface area (Å²) in [5.41, 5.74) is 0.533. The van der Waals surface area contributed by atoms with Gasteiger partial charge in [0.1, 0.15) is 0 Å². The van der Waals surface area contributed by atoms with Crippen LogP contribution in [0.15, 0.2) is 30.5 Å². The number of alkyl halides is 3. The number of hydrogen-bond donors (Lipinski definition) is 1. The number of hydrogen-bond acceptors (Lipinski definition) is 3.